The average molecular weight is 324 g/mol. The molecule has 19 heavy (non-hydrogen) atoms. The van der Waals surface area contributed by atoms with Crippen LogP contribution in [0, 0.1) is 12.3 Å². The molecule has 0 radical (unpaired) electrons. The van der Waals surface area contributed by atoms with Gasteiger partial charge in [-0.3, -0.25) is 0 Å². The van der Waals surface area contributed by atoms with E-state index in [0.29, 0.717) is 12.6 Å². The lowest BCUT2D eigenvalue weighted by molar-refractivity contribution is 0.586. The van der Waals surface area contributed by atoms with Crippen molar-refractivity contribution in [3.05, 3.63) is 22.3 Å². The molecule has 3 nitrogen and oxygen atoms in total. The van der Waals surface area contributed by atoms with E-state index in [1.807, 2.05) is 6.20 Å². The Bertz CT molecular complexity index is 438. The van der Waals surface area contributed by atoms with Crippen molar-refractivity contribution in [2.45, 2.75) is 39.8 Å². The summed E-state index contributed by atoms with van der Waals surface area (Å²) in [5.41, 5.74) is 1.17. The summed E-state index contributed by atoms with van der Waals surface area (Å²) < 4.78 is 0.994. The highest BCUT2D eigenvalue weighted by Gasteiger charge is 2.12. The minimum absolute atomic E-state index is 0.444. The van der Waals surface area contributed by atoms with Gasteiger partial charge in [-0.25, -0.2) is 4.98 Å². The number of pyridine rings is 1. The smallest absolute Gasteiger partial charge is 0.133 e. The van der Waals surface area contributed by atoms with Gasteiger partial charge in [-0.05, 0) is 28.4 Å². The highest BCUT2D eigenvalue weighted by atomic mass is 79.9. The standard InChI is InChI=1S/C15H22BrN3/c1-5-7-19(8-6-2)15-13(10-17-12(3)4)9-14(16)11-18-15/h1,9,11-12,17H,6-8,10H2,2-4H3. The van der Waals surface area contributed by atoms with Gasteiger partial charge < -0.3 is 10.2 Å². The van der Waals surface area contributed by atoms with Gasteiger partial charge in [-0.15, -0.1) is 6.42 Å². The molecule has 0 unspecified atom stereocenters. The Balaban J connectivity index is 2.99. The van der Waals surface area contributed by atoms with Crippen LogP contribution in [0.5, 0.6) is 0 Å². The van der Waals surface area contributed by atoms with E-state index in [2.05, 4.69) is 63.9 Å². The van der Waals surface area contributed by atoms with Crippen LogP contribution in [-0.4, -0.2) is 24.1 Å². The first kappa shape index (κ1) is 16.0. The topological polar surface area (TPSA) is 28.2 Å². The zero-order valence-corrected chi connectivity index (χ0v) is 13.5. The molecule has 0 fully saturated rings. The van der Waals surface area contributed by atoms with Crippen LogP contribution < -0.4 is 10.2 Å². The quantitative estimate of drug-likeness (QED) is 0.781. The molecule has 0 saturated heterocycles. The lowest BCUT2D eigenvalue weighted by atomic mass is 10.2. The van der Waals surface area contributed by atoms with Crippen molar-refractivity contribution >= 4 is 21.7 Å². The average Bonchev–Trinajstić information content (AvgIpc) is 2.36. The molecule has 1 rings (SSSR count). The summed E-state index contributed by atoms with van der Waals surface area (Å²) in [6.45, 7) is 8.73. The second kappa shape index (κ2) is 8.19. The summed E-state index contributed by atoms with van der Waals surface area (Å²) in [6.07, 6.45) is 8.33. The van der Waals surface area contributed by atoms with Crippen LogP contribution in [0.3, 0.4) is 0 Å². The van der Waals surface area contributed by atoms with Gasteiger partial charge in [0.05, 0.1) is 6.54 Å². The lowest BCUT2D eigenvalue weighted by Crippen LogP contribution is -2.29. The molecule has 104 valence electrons. The predicted molar refractivity (Wildman–Crippen MR) is 85.2 cm³/mol. The predicted octanol–water partition coefficient (Wildman–Crippen LogP) is 3.19. The van der Waals surface area contributed by atoms with Crippen LogP contribution in [0.2, 0.25) is 0 Å². The molecule has 0 atom stereocenters. The van der Waals surface area contributed by atoms with E-state index >= 15 is 0 Å². The van der Waals surface area contributed by atoms with Gasteiger partial charge in [-0.2, -0.15) is 0 Å². The fourth-order valence-corrected chi connectivity index (χ4v) is 2.22. The largest absolute Gasteiger partial charge is 0.345 e. The van der Waals surface area contributed by atoms with Crippen LogP contribution in [0.4, 0.5) is 5.82 Å². The van der Waals surface area contributed by atoms with Gasteiger partial charge in [0.1, 0.15) is 5.82 Å². The van der Waals surface area contributed by atoms with Gasteiger partial charge in [-0.1, -0.05) is 26.7 Å². The molecular formula is C15H22BrN3. The third kappa shape index (κ3) is 5.22. The summed E-state index contributed by atoms with van der Waals surface area (Å²) >= 11 is 3.48. The maximum absolute atomic E-state index is 5.45. The Labute approximate surface area is 124 Å². The van der Waals surface area contributed by atoms with Crippen molar-refractivity contribution in [1.29, 1.82) is 0 Å². The molecule has 1 aromatic heterocycles. The SMILES string of the molecule is C#CCN(CCC)c1ncc(Br)cc1CNC(C)C. The number of anilines is 1. The third-order valence-corrected chi connectivity index (χ3v) is 3.12. The normalized spacial score (nSPS) is 10.5. The van der Waals surface area contributed by atoms with E-state index in [-0.39, 0.29) is 0 Å². The van der Waals surface area contributed by atoms with E-state index < -0.39 is 0 Å². The number of terminal acetylenes is 1. The van der Waals surface area contributed by atoms with Crippen molar-refractivity contribution in [2.75, 3.05) is 18.0 Å². The highest BCUT2D eigenvalue weighted by molar-refractivity contribution is 9.10. The molecular weight excluding hydrogens is 302 g/mol. The first-order valence-electron chi connectivity index (χ1n) is 6.64. The summed E-state index contributed by atoms with van der Waals surface area (Å²) in [6, 6.07) is 2.55. The maximum Gasteiger partial charge on any atom is 0.133 e. The Kier molecular flexibility index (Phi) is 6.90. The van der Waals surface area contributed by atoms with Crippen molar-refractivity contribution < 1.29 is 0 Å². The second-order valence-electron chi connectivity index (χ2n) is 4.80. The Morgan fingerprint density at radius 2 is 2.26 bits per heavy atom. The second-order valence-corrected chi connectivity index (χ2v) is 5.71. The lowest BCUT2D eigenvalue weighted by Gasteiger charge is -2.24. The van der Waals surface area contributed by atoms with E-state index in [9.17, 15) is 0 Å². The van der Waals surface area contributed by atoms with Gasteiger partial charge in [0.15, 0.2) is 0 Å². The van der Waals surface area contributed by atoms with Crippen LogP contribution in [0.25, 0.3) is 0 Å². The van der Waals surface area contributed by atoms with Crippen LogP contribution >= 0.6 is 15.9 Å². The molecule has 1 N–H and O–H groups in total. The van der Waals surface area contributed by atoms with Gasteiger partial charge in [0.25, 0.3) is 0 Å². The first-order chi connectivity index (χ1) is 9.08. The summed E-state index contributed by atoms with van der Waals surface area (Å²) in [5, 5.41) is 3.43. The summed E-state index contributed by atoms with van der Waals surface area (Å²) in [4.78, 5) is 6.69. The summed E-state index contributed by atoms with van der Waals surface area (Å²) in [7, 11) is 0. The van der Waals surface area contributed by atoms with E-state index in [0.717, 1.165) is 29.8 Å². The molecule has 0 aromatic carbocycles. The number of hydrogen-bond acceptors (Lipinski definition) is 3. The van der Waals surface area contributed by atoms with Crippen molar-refractivity contribution in [3.63, 3.8) is 0 Å². The van der Waals surface area contributed by atoms with Crippen molar-refractivity contribution in [1.82, 2.24) is 10.3 Å². The highest BCUT2D eigenvalue weighted by Crippen LogP contribution is 2.22. The minimum atomic E-state index is 0.444. The molecule has 4 heteroatoms. The van der Waals surface area contributed by atoms with Crippen molar-refractivity contribution in [2.24, 2.45) is 0 Å². The number of nitrogens with one attached hydrogen (secondary N) is 1. The molecule has 0 aliphatic carbocycles. The van der Waals surface area contributed by atoms with Crippen LogP contribution in [-0.2, 0) is 6.54 Å². The molecule has 1 heterocycles. The van der Waals surface area contributed by atoms with Gasteiger partial charge in [0.2, 0.25) is 0 Å². The molecule has 0 bridgehead atoms. The molecule has 0 amide bonds. The zero-order chi connectivity index (χ0) is 14.3. The van der Waals surface area contributed by atoms with Crippen molar-refractivity contribution in [3.8, 4) is 12.3 Å². The number of rotatable bonds is 7. The Hall–Kier alpha value is -1.05. The number of hydrogen-bond donors (Lipinski definition) is 1. The van der Waals surface area contributed by atoms with Gasteiger partial charge >= 0.3 is 0 Å². The minimum Gasteiger partial charge on any atom is -0.345 e. The Morgan fingerprint density at radius 3 is 2.84 bits per heavy atom. The number of nitrogens with zero attached hydrogens (tertiary/aromatic N) is 2. The van der Waals surface area contributed by atoms with E-state index in [1.54, 1.807) is 0 Å². The molecule has 0 aliphatic heterocycles. The van der Waals surface area contributed by atoms with Gasteiger partial charge in [0, 0.05) is 35.4 Å². The molecule has 0 spiro atoms. The fourth-order valence-electron chi connectivity index (χ4n) is 1.84. The monoisotopic (exact) mass is 323 g/mol. The summed E-state index contributed by atoms with van der Waals surface area (Å²) in [5.74, 6) is 3.69. The molecule has 0 saturated carbocycles. The first-order valence-corrected chi connectivity index (χ1v) is 7.44. The molecule has 0 aliphatic rings. The molecule has 1 aromatic rings. The fraction of sp³-hybridized carbons (Fsp3) is 0.533. The number of halogens is 1. The van der Waals surface area contributed by atoms with Crippen LogP contribution in [0.15, 0.2) is 16.7 Å². The Morgan fingerprint density at radius 1 is 1.53 bits per heavy atom. The third-order valence-electron chi connectivity index (χ3n) is 2.69. The maximum atomic E-state index is 5.45. The van der Waals surface area contributed by atoms with Crippen LogP contribution in [0.1, 0.15) is 32.8 Å². The number of aromatic nitrogens is 1. The van der Waals surface area contributed by atoms with E-state index in [4.69, 9.17) is 6.42 Å². The van der Waals surface area contributed by atoms with E-state index in [1.165, 1.54) is 5.56 Å². The zero-order valence-electron chi connectivity index (χ0n) is 11.9.